The van der Waals surface area contributed by atoms with Crippen molar-refractivity contribution in [1.82, 2.24) is 20.4 Å². The predicted molar refractivity (Wildman–Crippen MR) is 78.5 cm³/mol. The van der Waals surface area contributed by atoms with Crippen LogP contribution in [0.4, 0.5) is 5.13 Å². The van der Waals surface area contributed by atoms with Crippen molar-refractivity contribution < 1.29 is 4.79 Å². The van der Waals surface area contributed by atoms with Gasteiger partial charge < -0.3 is 0 Å². The van der Waals surface area contributed by atoms with Crippen LogP contribution in [0.15, 0.2) is 6.07 Å². The Labute approximate surface area is 129 Å². The van der Waals surface area contributed by atoms with Gasteiger partial charge in [0, 0.05) is 6.42 Å². The molecule has 0 atom stereocenters. The molecule has 2 aromatic rings. The molecule has 0 unspecified atom stereocenters. The Bertz CT molecular complexity index is 631. The number of carbonyl (C=O) groups is 1. The summed E-state index contributed by atoms with van der Waals surface area (Å²) in [5.74, 6) is 0.0307. The summed E-state index contributed by atoms with van der Waals surface area (Å²) >= 11 is 12.8. The molecule has 2 heterocycles. The van der Waals surface area contributed by atoms with E-state index >= 15 is 0 Å². The average Bonchev–Trinajstić information content (AvgIpc) is 2.78. The van der Waals surface area contributed by atoms with E-state index in [0.717, 1.165) is 11.4 Å². The van der Waals surface area contributed by atoms with Crippen LogP contribution in [0.3, 0.4) is 0 Å². The average molecular weight is 332 g/mol. The van der Waals surface area contributed by atoms with Crippen molar-refractivity contribution in [3.05, 3.63) is 26.9 Å². The number of aromatic nitrogens is 4. The minimum Gasteiger partial charge on any atom is -0.296 e. The van der Waals surface area contributed by atoms with Crippen molar-refractivity contribution in [2.45, 2.75) is 20.3 Å². The first-order valence-electron chi connectivity index (χ1n) is 5.78. The molecule has 1 amide bonds. The van der Waals surface area contributed by atoms with Gasteiger partial charge in [-0.05, 0) is 12.0 Å². The number of halogens is 2. The van der Waals surface area contributed by atoms with E-state index in [1.807, 2.05) is 0 Å². The Hall–Kier alpha value is -1.31. The zero-order valence-corrected chi connectivity index (χ0v) is 13.1. The van der Waals surface area contributed by atoms with Crippen LogP contribution in [0.5, 0.6) is 0 Å². The van der Waals surface area contributed by atoms with Crippen molar-refractivity contribution in [2.75, 3.05) is 5.32 Å². The maximum Gasteiger partial charge on any atom is 0.260 e. The van der Waals surface area contributed by atoms with E-state index in [0.29, 0.717) is 11.0 Å². The smallest absolute Gasteiger partial charge is 0.260 e. The second kappa shape index (κ2) is 6.43. The van der Waals surface area contributed by atoms with Crippen LogP contribution in [0.1, 0.15) is 29.2 Å². The van der Waals surface area contributed by atoms with Crippen molar-refractivity contribution in [2.24, 2.45) is 5.92 Å². The summed E-state index contributed by atoms with van der Waals surface area (Å²) in [5, 5.41) is 19.0. The summed E-state index contributed by atoms with van der Waals surface area (Å²) in [6.07, 6.45) is 0.816. The standard InChI is InChI=1S/C11H11Cl2N5OS/c1-5(2)3-8-16-18-11(20-8)14-10(19)6-4-7(12)15-17-9(6)13/h4-5H,3H2,1-2H3,(H,14,18,19). The lowest BCUT2D eigenvalue weighted by Gasteiger charge is -2.02. The third-order valence-electron chi connectivity index (χ3n) is 2.23. The fourth-order valence-electron chi connectivity index (χ4n) is 1.41. The van der Waals surface area contributed by atoms with E-state index in [4.69, 9.17) is 23.2 Å². The maximum atomic E-state index is 12.0. The summed E-state index contributed by atoms with van der Waals surface area (Å²) in [4.78, 5) is 12.0. The monoisotopic (exact) mass is 331 g/mol. The maximum absolute atomic E-state index is 12.0. The predicted octanol–water partition coefficient (Wildman–Crippen LogP) is 3.09. The Balaban J connectivity index is 2.11. The van der Waals surface area contributed by atoms with Crippen LogP contribution >= 0.6 is 34.5 Å². The van der Waals surface area contributed by atoms with Crippen LogP contribution in [-0.2, 0) is 6.42 Å². The SMILES string of the molecule is CC(C)Cc1nnc(NC(=O)c2cc(Cl)nnc2Cl)s1. The van der Waals surface area contributed by atoms with Gasteiger partial charge in [0.25, 0.3) is 5.91 Å². The van der Waals surface area contributed by atoms with Crippen molar-refractivity contribution in [3.8, 4) is 0 Å². The van der Waals surface area contributed by atoms with Gasteiger partial charge in [0.15, 0.2) is 10.3 Å². The van der Waals surface area contributed by atoms with Crippen molar-refractivity contribution in [1.29, 1.82) is 0 Å². The fourth-order valence-corrected chi connectivity index (χ4v) is 2.68. The van der Waals surface area contributed by atoms with Gasteiger partial charge in [-0.3, -0.25) is 10.1 Å². The minimum atomic E-state index is -0.445. The second-order valence-electron chi connectivity index (χ2n) is 4.42. The topological polar surface area (TPSA) is 80.7 Å². The molecule has 9 heteroatoms. The minimum absolute atomic E-state index is 0.0150. The van der Waals surface area contributed by atoms with Crippen molar-refractivity contribution >= 4 is 45.6 Å². The van der Waals surface area contributed by atoms with Gasteiger partial charge in [-0.15, -0.1) is 20.4 Å². The highest BCUT2D eigenvalue weighted by atomic mass is 35.5. The number of carbonyl (C=O) groups excluding carboxylic acids is 1. The Morgan fingerprint density at radius 2 is 2.05 bits per heavy atom. The Kier molecular flexibility index (Phi) is 4.85. The van der Waals surface area contributed by atoms with Crippen LogP contribution in [0.2, 0.25) is 10.3 Å². The number of nitrogens with one attached hydrogen (secondary N) is 1. The van der Waals surface area contributed by atoms with Gasteiger partial charge in [-0.25, -0.2) is 0 Å². The molecule has 6 nitrogen and oxygen atoms in total. The summed E-state index contributed by atoms with van der Waals surface area (Å²) in [6.45, 7) is 4.17. The molecule has 0 aromatic carbocycles. The largest absolute Gasteiger partial charge is 0.296 e. The lowest BCUT2D eigenvalue weighted by molar-refractivity contribution is 0.102. The van der Waals surface area contributed by atoms with E-state index in [2.05, 4.69) is 39.6 Å². The second-order valence-corrected chi connectivity index (χ2v) is 6.23. The zero-order valence-electron chi connectivity index (χ0n) is 10.7. The van der Waals surface area contributed by atoms with E-state index in [1.54, 1.807) is 0 Å². The highest BCUT2D eigenvalue weighted by Gasteiger charge is 2.15. The highest BCUT2D eigenvalue weighted by molar-refractivity contribution is 7.15. The summed E-state index contributed by atoms with van der Waals surface area (Å²) < 4.78 is 0. The zero-order chi connectivity index (χ0) is 14.7. The molecule has 106 valence electrons. The van der Waals surface area contributed by atoms with Gasteiger partial charge in [0.05, 0.1) is 5.56 Å². The van der Waals surface area contributed by atoms with Gasteiger partial charge in [-0.2, -0.15) is 0 Å². The molecule has 2 aromatic heterocycles. The van der Waals surface area contributed by atoms with Crippen molar-refractivity contribution in [3.63, 3.8) is 0 Å². The van der Waals surface area contributed by atoms with Gasteiger partial charge >= 0.3 is 0 Å². The third kappa shape index (κ3) is 3.84. The fraction of sp³-hybridized carbons (Fsp3) is 0.364. The van der Waals surface area contributed by atoms with Crippen LogP contribution in [0, 0.1) is 5.92 Å². The summed E-state index contributed by atoms with van der Waals surface area (Å²) in [5.41, 5.74) is 0.146. The molecule has 0 saturated heterocycles. The normalized spacial score (nSPS) is 10.8. The first-order chi connectivity index (χ1) is 9.45. The van der Waals surface area contributed by atoms with Crippen LogP contribution in [0.25, 0.3) is 0 Å². The molecule has 0 bridgehead atoms. The van der Waals surface area contributed by atoms with E-state index < -0.39 is 5.91 Å². The molecule has 0 radical (unpaired) electrons. The summed E-state index contributed by atoms with van der Waals surface area (Å²) in [7, 11) is 0. The number of nitrogens with zero attached hydrogens (tertiary/aromatic N) is 4. The molecular formula is C11H11Cl2N5OS. The molecule has 0 spiro atoms. The first-order valence-corrected chi connectivity index (χ1v) is 7.35. The van der Waals surface area contributed by atoms with Crippen LogP contribution < -0.4 is 5.32 Å². The number of rotatable bonds is 4. The third-order valence-corrected chi connectivity index (χ3v) is 3.56. The van der Waals surface area contributed by atoms with E-state index in [-0.39, 0.29) is 15.9 Å². The number of hydrogen-bond acceptors (Lipinski definition) is 6. The molecule has 0 aliphatic rings. The van der Waals surface area contributed by atoms with Gasteiger partial charge in [-0.1, -0.05) is 48.4 Å². The van der Waals surface area contributed by atoms with E-state index in [1.165, 1.54) is 17.4 Å². The molecular weight excluding hydrogens is 321 g/mol. The number of hydrogen-bond donors (Lipinski definition) is 1. The highest BCUT2D eigenvalue weighted by Crippen LogP contribution is 2.21. The molecule has 0 fully saturated rings. The number of amides is 1. The Morgan fingerprint density at radius 3 is 2.75 bits per heavy atom. The lowest BCUT2D eigenvalue weighted by atomic mass is 10.1. The molecule has 1 N–H and O–H groups in total. The molecule has 2 rings (SSSR count). The number of anilines is 1. The molecule has 20 heavy (non-hydrogen) atoms. The molecule has 0 saturated carbocycles. The van der Waals surface area contributed by atoms with Gasteiger partial charge in [0.1, 0.15) is 5.01 Å². The first kappa shape index (κ1) is 15.1. The van der Waals surface area contributed by atoms with Crippen LogP contribution in [-0.4, -0.2) is 26.3 Å². The molecule has 0 aliphatic carbocycles. The summed E-state index contributed by atoms with van der Waals surface area (Å²) in [6, 6.07) is 1.35. The quantitative estimate of drug-likeness (QED) is 0.930. The Morgan fingerprint density at radius 1 is 1.30 bits per heavy atom. The van der Waals surface area contributed by atoms with E-state index in [9.17, 15) is 4.79 Å². The molecule has 0 aliphatic heterocycles. The van der Waals surface area contributed by atoms with Gasteiger partial charge in [0.2, 0.25) is 5.13 Å². The lowest BCUT2D eigenvalue weighted by Crippen LogP contribution is -2.13.